The van der Waals surface area contributed by atoms with E-state index in [9.17, 15) is 0 Å². The van der Waals surface area contributed by atoms with E-state index in [1.54, 1.807) is 6.26 Å². The van der Waals surface area contributed by atoms with Crippen LogP contribution in [0.2, 0.25) is 0 Å². The third-order valence-corrected chi connectivity index (χ3v) is 2.94. The maximum absolute atomic E-state index is 5.83. The summed E-state index contributed by atoms with van der Waals surface area (Å²) in [6.07, 6.45) is 5.26. The van der Waals surface area contributed by atoms with Crippen molar-refractivity contribution < 1.29 is 4.42 Å². The van der Waals surface area contributed by atoms with Gasteiger partial charge in [0.2, 0.25) is 0 Å². The van der Waals surface area contributed by atoms with Gasteiger partial charge in [0.15, 0.2) is 0 Å². The number of rotatable bonds is 3. The van der Waals surface area contributed by atoms with Crippen LogP contribution in [0, 0.1) is 5.41 Å². The minimum absolute atomic E-state index is 0.388. The Hall–Kier alpha value is -0.430. The molecule has 0 saturated heterocycles. The summed E-state index contributed by atoms with van der Waals surface area (Å²) in [6, 6.07) is 3.95. The van der Waals surface area contributed by atoms with Gasteiger partial charge in [0.1, 0.15) is 5.76 Å². The Labute approximate surface area is 71.3 Å². The fourth-order valence-corrected chi connectivity index (χ4v) is 1.68. The number of hydrogen-bond donors (Lipinski definition) is 0. The average Bonchev–Trinajstić information content (AvgIpc) is 2.59. The van der Waals surface area contributed by atoms with Crippen molar-refractivity contribution in [3.63, 3.8) is 0 Å². The minimum atomic E-state index is 0.388. The second-order valence-corrected chi connectivity index (χ2v) is 3.66. The summed E-state index contributed by atoms with van der Waals surface area (Å²) in [5.74, 6) is 1.84. The quantitative estimate of drug-likeness (QED) is 0.636. The standard InChI is InChI=1S/C9H11ClO/c10-7-9(3-4-9)6-8-2-1-5-11-8/h1-2,5H,3-4,6-7H2. The van der Waals surface area contributed by atoms with E-state index in [-0.39, 0.29) is 0 Å². The van der Waals surface area contributed by atoms with Crippen LogP contribution >= 0.6 is 11.6 Å². The van der Waals surface area contributed by atoms with Gasteiger partial charge in [0, 0.05) is 12.3 Å². The first-order chi connectivity index (χ1) is 5.35. The van der Waals surface area contributed by atoms with Gasteiger partial charge in [-0.2, -0.15) is 0 Å². The van der Waals surface area contributed by atoms with Gasteiger partial charge in [-0.3, -0.25) is 0 Å². The zero-order chi connectivity index (χ0) is 7.73. The third kappa shape index (κ3) is 1.43. The fourth-order valence-electron chi connectivity index (χ4n) is 1.32. The molecule has 0 radical (unpaired) electrons. The van der Waals surface area contributed by atoms with Gasteiger partial charge < -0.3 is 4.42 Å². The molecule has 0 bridgehead atoms. The third-order valence-electron chi connectivity index (χ3n) is 2.37. The summed E-state index contributed by atoms with van der Waals surface area (Å²) in [6.45, 7) is 0. The normalized spacial score (nSPS) is 20.1. The molecule has 1 aliphatic rings. The molecule has 1 saturated carbocycles. The van der Waals surface area contributed by atoms with Gasteiger partial charge in [-0.25, -0.2) is 0 Å². The van der Waals surface area contributed by atoms with Gasteiger partial charge >= 0.3 is 0 Å². The first kappa shape index (κ1) is 7.23. The molecular weight excluding hydrogens is 160 g/mol. The first-order valence-corrected chi connectivity index (χ1v) is 4.46. The Balaban J connectivity index is 2.01. The molecule has 0 atom stereocenters. The summed E-state index contributed by atoms with van der Waals surface area (Å²) >= 11 is 5.83. The fraction of sp³-hybridized carbons (Fsp3) is 0.556. The van der Waals surface area contributed by atoms with Crippen molar-refractivity contribution in [2.75, 3.05) is 5.88 Å². The van der Waals surface area contributed by atoms with E-state index < -0.39 is 0 Å². The molecule has 0 aliphatic heterocycles. The van der Waals surface area contributed by atoms with Crippen molar-refractivity contribution in [1.29, 1.82) is 0 Å². The lowest BCUT2D eigenvalue weighted by molar-refractivity contribution is 0.450. The Morgan fingerprint density at radius 2 is 2.36 bits per heavy atom. The largest absolute Gasteiger partial charge is 0.469 e. The molecule has 0 spiro atoms. The lowest BCUT2D eigenvalue weighted by Gasteiger charge is -2.06. The van der Waals surface area contributed by atoms with E-state index in [1.165, 1.54) is 12.8 Å². The van der Waals surface area contributed by atoms with Crippen LogP contribution in [0.25, 0.3) is 0 Å². The van der Waals surface area contributed by atoms with Crippen molar-refractivity contribution in [3.05, 3.63) is 24.2 Å². The predicted molar refractivity (Wildman–Crippen MR) is 44.8 cm³/mol. The van der Waals surface area contributed by atoms with E-state index >= 15 is 0 Å². The summed E-state index contributed by atoms with van der Waals surface area (Å²) in [4.78, 5) is 0. The molecule has 11 heavy (non-hydrogen) atoms. The lowest BCUT2D eigenvalue weighted by atomic mass is 10.0. The van der Waals surface area contributed by atoms with Crippen LogP contribution in [0.15, 0.2) is 22.8 Å². The molecule has 1 aliphatic carbocycles. The van der Waals surface area contributed by atoms with Gasteiger partial charge in [0.05, 0.1) is 6.26 Å². The molecule has 2 rings (SSSR count). The zero-order valence-corrected chi connectivity index (χ0v) is 7.10. The van der Waals surface area contributed by atoms with E-state index in [1.807, 2.05) is 12.1 Å². The van der Waals surface area contributed by atoms with Crippen LogP contribution in [-0.2, 0) is 6.42 Å². The van der Waals surface area contributed by atoms with Crippen molar-refractivity contribution in [2.45, 2.75) is 19.3 Å². The molecule has 0 amide bonds. The smallest absolute Gasteiger partial charge is 0.104 e. The molecule has 1 aromatic rings. The minimum Gasteiger partial charge on any atom is -0.469 e. The maximum Gasteiger partial charge on any atom is 0.104 e. The monoisotopic (exact) mass is 170 g/mol. The van der Waals surface area contributed by atoms with E-state index in [0.29, 0.717) is 5.41 Å². The molecule has 1 nitrogen and oxygen atoms in total. The van der Waals surface area contributed by atoms with Crippen molar-refractivity contribution in [2.24, 2.45) is 5.41 Å². The topological polar surface area (TPSA) is 13.1 Å². The average molecular weight is 171 g/mol. The van der Waals surface area contributed by atoms with Crippen LogP contribution in [-0.4, -0.2) is 5.88 Å². The summed E-state index contributed by atoms with van der Waals surface area (Å²) < 4.78 is 5.25. The van der Waals surface area contributed by atoms with Gasteiger partial charge in [0.25, 0.3) is 0 Å². The zero-order valence-electron chi connectivity index (χ0n) is 6.35. The second-order valence-electron chi connectivity index (χ2n) is 3.39. The lowest BCUT2D eigenvalue weighted by Crippen LogP contribution is -2.05. The van der Waals surface area contributed by atoms with Crippen LogP contribution < -0.4 is 0 Å². The van der Waals surface area contributed by atoms with Gasteiger partial charge in [-0.1, -0.05) is 0 Å². The van der Waals surface area contributed by atoms with E-state index in [2.05, 4.69) is 0 Å². The van der Waals surface area contributed by atoms with Crippen molar-refractivity contribution in [1.82, 2.24) is 0 Å². The highest BCUT2D eigenvalue weighted by Gasteiger charge is 2.42. The van der Waals surface area contributed by atoms with Crippen molar-refractivity contribution in [3.8, 4) is 0 Å². The number of alkyl halides is 1. The molecule has 0 N–H and O–H groups in total. The second kappa shape index (κ2) is 2.56. The number of hydrogen-bond acceptors (Lipinski definition) is 1. The summed E-state index contributed by atoms with van der Waals surface area (Å²) in [5, 5.41) is 0. The highest BCUT2D eigenvalue weighted by molar-refractivity contribution is 6.18. The van der Waals surface area contributed by atoms with Crippen molar-refractivity contribution >= 4 is 11.6 Å². The Kier molecular flexibility index (Phi) is 1.68. The van der Waals surface area contributed by atoms with Crippen LogP contribution in [0.5, 0.6) is 0 Å². The van der Waals surface area contributed by atoms with Gasteiger partial charge in [-0.15, -0.1) is 11.6 Å². The molecule has 0 aromatic carbocycles. The molecule has 1 aromatic heterocycles. The Morgan fingerprint density at radius 3 is 2.82 bits per heavy atom. The first-order valence-electron chi connectivity index (χ1n) is 3.93. The molecular formula is C9H11ClO. The molecule has 1 fully saturated rings. The highest BCUT2D eigenvalue weighted by atomic mass is 35.5. The molecule has 1 heterocycles. The Morgan fingerprint density at radius 1 is 1.55 bits per heavy atom. The summed E-state index contributed by atoms with van der Waals surface area (Å²) in [5.41, 5.74) is 0.388. The summed E-state index contributed by atoms with van der Waals surface area (Å²) in [7, 11) is 0. The number of halogens is 1. The SMILES string of the molecule is ClCC1(Cc2ccco2)CC1. The van der Waals surface area contributed by atoms with E-state index in [4.69, 9.17) is 16.0 Å². The molecule has 60 valence electrons. The van der Waals surface area contributed by atoms with E-state index in [0.717, 1.165) is 18.1 Å². The van der Waals surface area contributed by atoms with Crippen LogP contribution in [0.3, 0.4) is 0 Å². The van der Waals surface area contributed by atoms with Crippen LogP contribution in [0.1, 0.15) is 18.6 Å². The molecule has 0 unspecified atom stereocenters. The Bertz CT molecular complexity index is 224. The van der Waals surface area contributed by atoms with Crippen LogP contribution in [0.4, 0.5) is 0 Å². The molecule has 2 heteroatoms. The van der Waals surface area contributed by atoms with Gasteiger partial charge in [-0.05, 0) is 30.4 Å². The maximum atomic E-state index is 5.83. The number of furan rings is 1. The predicted octanol–water partition coefficient (Wildman–Crippen LogP) is 2.84. The highest BCUT2D eigenvalue weighted by Crippen LogP contribution is 2.49.